The maximum atomic E-state index is 12.9. The predicted octanol–water partition coefficient (Wildman–Crippen LogP) is 2.93. The highest BCUT2D eigenvalue weighted by atomic mass is 19.4. The van der Waals surface area contributed by atoms with Gasteiger partial charge in [0.2, 0.25) is 0 Å². The van der Waals surface area contributed by atoms with Crippen LogP contribution in [-0.2, 0) is 0 Å². The number of aliphatic hydroxyl groups is 1. The maximum Gasteiger partial charge on any atom is 0.391 e. The molecule has 126 valence electrons. The van der Waals surface area contributed by atoms with Crippen LogP contribution >= 0.6 is 0 Å². The van der Waals surface area contributed by atoms with E-state index in [9.17, 15) is 18.3 Å². The molecule has 1 aliphatic carbocycles. The first-order valence-electron chi connectivity index (χ1n) is 7.61. The average Bonchev–Trinajstić information content (AvgIpc) is 2.85. The Morgan fingerprint density at radius 1 is 1.48 bits per heavy atom. The molecule has 0 amide bonds. The Morgan fingerprint density at radius 3 is 3.00 bits per heavy atom. The van der Waals surface area contributed by atoms with Crippen molar-refractivity contribution in [2.45, 2.75) is 44.4 Å². The predicted molar refractivity (Wildman–Crippen MR) is 79.2 cm³/mol. The van der Waals surface area contributed by atoms with Gasteiger partial charge in [-0.2, -0.15) is 18.3 Å². The van der Waals surface area contributed by atoms with Crippen LogP contribution in [0.4, 0.5) is 19.0 Å². The molecule has 0 spiro atoms. The minimum atomic E-state index is -4.25. The summed E-state index contributed by atoms with van der Waals surface area (Å²) in [6.45, 7) is 1.88. The van der Waals surface area contributed by atoms with Crippen molar-refractivity contribution in [3.05, 3.63) is 24.2 Å². The summed E-state index contributed by atoms with van der Waals surface area (Å²) in [5, 5.41) is 17.8. The number of anilines is 1. The van der Waals surface area contributed by atoms with Crippen molar-refractivity contribution >= 4 is 11.3 Å². The van der Waals surface area contributed by atoms with Gasteiger partial charge in [-0.25, -0.2) is 9.50 Å². The molecule has 23 heavy (non-hydrogen) atoms. The van der Waals surface area contributed by atoms with E-state index < -0.39 is 17.7 Å². The van der Waals surface area contributed by atoms with E-state index in [1.807, 2.05) is 13.0 Å². The zero-order chi connectivity index (χ0) is 16.7. The molecule has 0 unspecified atom stereocenters. The van der Waals surface area contributed by atoms with Crippen molar-refractivity contribution in [2.24, 2.45) is 5.92 Å². The van der Waals surface area contributed by atoms with Gasteiger partial charge >= 0.3 is 6.18 Å². The van der Waals surface area contributed by atoms with Crippen LogP contribution in [0.1, 0.15) is 31.4 Å². The van der Waals surface area contributed by atoms with Gasteiger partial charge in [0.1, 0.15) is 5.52 Å². The maximum absolute atomic E-state index is 12.9. The van der Waals surface area contributed by atoms with Gasteiger partial charge in [-0.15, -0.1) is 0 Å². The normalized spacial score (nSPS) is 25.7. The van der Waals surface area contributed by atoms with Gasteiger partial charge in [0.05, 0.1) is 17.2 Å². The summed E-state index contributed by atoms with van der Waals surface area (Å²) in [5.41, 5.74) is 0.175. The first kappa shape index (κ1) is 16.0. The molecule has 8 heteroatoms. The van der Waals surface area contributed by atoms with Crippen LogP contribution in [0.15, 0.2) is 18.5 Å². The molecule has 0 aromatic carbocycles. The quantitative estimate of drug-likeness (QED) is 0.909. The molecule has 0 aliphatic heterocycles. The molecule has 2 heterocycles. The van der Waals surface area contributed by atoms with Crippen molar-refractivity contribution < 1.29 is 18.3 Å². The number of nitrogens with zero attached hydrogens (tertiary/aromatic N) is 3. The molecular weight excluding hydrogens is 309 g/mol. The van der Waals surface area contributed by atoms with Crippen LogP contribution in [0.25, 0.3) is 5.52 Å². The fourth-order valence-electron chi connectivity index (χ4n) is 3.21. The minimum Gasteiger partial charge on any atom is -0.388 e. The van der Waals surface area contributed by atoms with Crippen LogP contribution in [0, 0.1) is 12.8 Å². The van der Waals surface area contributed by atoms with Crippen LogP contribution in [0.2, 0.25) is 0 Å². The Kier molecular flexibility index (Phi) is 3.95. The van der Waals surface area contributed by atoms with Crippen LogP contribution in [0.3, 0.4) is 0 Å². The van der Waals surface area contributed by atoms with E-state index in [1.54, 1.807) is 16.9 Å². The van der Waals surface area contributed by atoms with E-state index in [-0.39, 0.29) is 19.4 Å². The molecule has 0 saturated heterocycles. The lowest BCUT2D eigenvalue weighted by atomic mass is 9.77. The Morgan fingerprint density at radius 2 is 2.26 bits per heavy atom. The monoisotopic (exact) mass is 328 g/mol. The summed E-state index contributed by atoms with van der Waals surface area (Å²) in [5.74, 6) is -0.931. The third-order valence-corrected chi connectivity index (χ3v) is 4.38. The molecule has 0 radical (unpaired) electrons. The largest absolute Gasteiger partial charge is 0.391 e. The van der Waals surface area contributed by atoms with Crippen molar-refractivity contribution in [1.82, 2.24) is 14.6 Å². The molecule has 3 rings (SSSR count). The summed E-state index contributed by atoms with van der Waals surface area (Å²) in [4.78, 5) is 4.20. The van der Waals surface area contributed by atoms with Crippen molar-refractivity contribution in [1.29, 1.82) is 0 Å². The lowest BCUT2D eigenvalue weighted by Gasteiger charge is -2.37. The molecule has 5 nitrogen and oxygen atoms in total. The topological polar surface area (TPSA) is 62.5 Å². The zero-order valence-corrected chi connectivity index (χ0v) is 12.8. The Bertz CT molecular complexity index is 700. The van der Waals surface area contributed by atoms with E-state index in [2.05, 4.69) is 15.4 Å². The van der Waals surface area contributed by atoms with Gasteiger partial charge in [-0.05, 0) is 38.7 Å². The second-order valence-corrected chi connectivity index (χ2v) is 6.30. The highest BCUT2D eigenvalue weighted by molar-refractivity contribution is 5.67. The first-order valence-corrected chi connectivity index (χ1v) is 7.61. The third-order valence-electron chi connectivity index (χ3n) is 4.38. The Hall–Kier alpha value is -1.83. The smallest absolute Gasteiger partial charge is 0.388 e. The number of hydrogen-bond acceptors (Lipinski definition) is 4. The van der Waals surface area contributed by atoms with E-state index in [0.29, 0.717) is 18.7 Å². The molecule has 1 saturated carbocycles. The highest BCUT2D eigenvalue weighted by Gasteiger charge is 2.46. The van der Waals surface area contributed by atoms with Gasteiger partial charge in [-0.3, -0.25) is 0 Å². The second kappa shape index (κ2) is 5.67. The lowest BCUT2D eigenvalue weighted by molar-refractivity contribution is -0.199. The van der Waals surface area contributed by atoms with E-state index in [4.69, 9.17) is 0 Å². The van der Waals surface area contributed by atoms with Gasteiger partial charge in [0.15, 0.2) is 5.82 Å². The van der Waals surface area contributed by atoms with Gasteiger partial charge in [0.25, 0.3) is 0 Å². The number of fused-ring (bicyclic) bond motifs is 1. The number of aryl methyl sites for hydroxylation is 1. The van der Waals surface area contributed by atoms with Gasteiger partial charge in [0, 0.05) is 18.9 Å². The number of alkyl halides is 3. The van der Waals surface area contributed by atoms with Gasteiger partial charge < -0.3 is 10.4 Å². The fraction of sp³-hybridized carbons (Fsp3) is 0.600. The molecule has 2 aromatic heterocycles. The highest BCUT2D eigenvalue weighted by Crippen LogP contribution is 2.41. The van der Waals surface area contributed by atoms with Crippen molar-refractivity contribution in [3.63, 3.8) is 0 Å². The second-order valence-electron chi connectivity index (χ2n) is 6.30. The van der Waals surface area contributed by atoms with Gasteiger partial charge in [-0.1, -0.05) is 0 Å². The van der Waals surface area contributed by atoms with E-state index in [1.165, 1.54) is 0 Å². The molecular formula is C15H19F3N4O. The molecule has 1 aliphatic rings. The molecule has 2 N–H and O–H groups in total. The number of hydrogen-bond donors (Lipinski definition) is 2. The summed E-state index contributed by atoms with van der Waals surface area (Å²) >= 11 is 0. The van der Waals surface area contributed by atoms with Crippen LogP contribution in [0.5, 0.6) is 0 Å². The summed E-state index contributed by atoms with van der Waals surface area (Å²) in [7, 11) is 0. The van der Waals surface area contributed by atoms with Crippen LogP contribution in [-0.4, -0.2) is 38.0 Å². The molecule has 2 atom stereocenters. The molecule has 1 fully saturated rings. The number of rotatable bonds is 3. The number of nitrogens with one attached hydrogen (secondary N) is 1. The molecule has 0 bridgehead atoms. The summed E-state index contributed by atoms with van der Waals surface area (Å²) < 4.78 is 40.4. The Labute approximate surface area is 131 Å². The van der Waals surface area contributed by atoms with E-state index in [0.717, 1.165) is 11.2 Å². The summed E-state index contributed by atoms with van der Waals surface area (Å²) in [6, 6.07) is 1.83. The van der Waals surface area contributed by atoms with Crippen molar-refractivity contribution in [2.75, 3.05) is 11.9 Å². The SMILES string of the molecule is Cc1cc2c(NC[C@@]3(O)CCC[C@H](C(F)(F)F)C3)nccn2n1. The van der Waals surface area contributed by atoms with Crippen molar-refractivity contribution in [3.8, 4) is 0 Å². The lowest BCUT2D eigenvalue weighted by Crippen LogP contribution is -2.45. The third kappa shape index (κ3) is 3.41. The zero-order valence-electron chi connectivity index (χ0n) is 12.8. The minimum absolute atomic E-state index is 0.0382. The standard InChI is InChI=1S/C15H19F3N4O/c1-10-7-12-13(19-5-6-22(12)21-10)20-9-14(23)4-2-3-11(8-14)15(16,17)18/h5-7,11,23H,2-4,8-9H2,1H3,(H,19,20)/t11-,14+/m0/s1. The molecule has 2 aromatic rings. The Balaban J connectivity index is 1.73. The number of halogens is 3. The number of aromatic nitrogens is 3. The average molecular weight is 328 g/mol. The first-order chi connectivity index (χ1) is 10.8. The van der Waals surface area contributed by atoms with Crippen LogP contribution < -0.4 is 5.32 Å². The fourth-order valence-corrected chi connectivity index (χ4v) is 3.21. The summed E-state index contributed by atoms with van der Waals surface area (Å²) in [6.07, 6.45) is -0.463. The van der Waals surface area contributed by atoms with E-state index >= 15 is 0 Å².